The van der Waals surface area contributed by atoms with Gasteiger partial charge in [0.2, 0.25) is 0 Å². The second kappa shape index (κ2) is 5.33. The van der Waals surface area contributed by atoms with Crippen molar-refractivity contribution in [2.45, 2.75) is 20.4 Å². The molecule has 0 bridgehead atoms. The third-order valence-corrected chi connectivity index (χ3v) is 3.44. The molecule has 100 valence electrons. The van der Waals surface area contributed by atoms with Crippen LogP contribution in [-0.4, -0.2) is 4.98 Å². The van der Waals surface area contributed by atoms with Gasteiger partial charge in [0.25, 0.3) is 0 Å². The van der Waals surface area contributed by atoms with Gasteiger partial charge in [0.05, 0.1) is 5.52 Å². The molecule has 0 unspecified atom stereocenters. The number of nitrogens with zero attached hydrogens (tertiary/aromatic N) is 1. The summed E-state index contributed by atoms with van der Waals surface area (Å²) in [6.45, 7) is 5.06. The van der Waals surface area contributed by atoms with Crippen LogP contribution >= 0.6 is 0 Å². The number of anilines is 1. The lowest BCUT2D eigenvalue weighted by Crippen LogP contribution is -2.01. The number of nitrogens with one attached hydrogen (secondary N) is 1. The zero-order valence-electron chi connectivity index (χ0n) is 11.9. The number of aryl methyl sites for hydroxylation is 2. The Morgan fingerprint density at radius 3 is 2.50 bits per heavy atom. The van der Waals surface area contributed by atoms with Gasteiger partial charge < -0.3 is 5.32 Å². The molecule has 2 aromatic carbocycles. The number of hydrogen-bond acceptors (Lipinski definition) is 2. The molecular weight excluding hydrogens is 244 g/mol. The first-order valence-corrected chi connectivity index (χ1v) is 6.87. The van der Waals surface area contributed by atoms with Crippen LogP contribution in [0.25, 0.3) is 10.9 Å². The summed E-state index contributed by atoms with van der Waals surface area (Å²) in [6, 6.07) is 16.9. The molecule has 0 spiro atoms. The van der Waals surface area contributed by atoms with E-state index in [0.717, 1.165) is 12.1 Å². The molecule has 20 heavy (non-hydrogen) atoms. The molecule has 2 nitrogen and oxygen atoms in total. The average Bonchev–Trinajstić information content (AvgIpc) is 2.44. The number of para-hydroxylation sites is 1. The molecule has 0 aliphatic carbocycles. The van der Waals surface area contributed by atoms with Crippen LogP contribution in [0.2, 0.25) is 0 Å². The van der Waals surface area contributed by atoms with Crippen molar-refractivity contribution in [3.63, 3.8) is 0 Å². The minimum Gasteiger partial charge on any atom is -0.381 e. The van der Waals surface area contributed by atoms with Gasteiger partial charge in [-0.15, -0.1) is 0 Å². The molecule has 0 aliphatic heterocycles. The molecule has 3 aromatic rings. The van der Waals surface area contributed by atoms with Gasteiger partial charge in [0.1, 0.15) is 0 Å². The van der Waals surface area contributed by atoms with Gasteiger partial charge in [-0.05, 0) is 54.8 Å². The molecule has 0 atom stereocenters. The molecule has 0 saturated heterocycles. The first-order valence-electron chi connectivity index (χ1n) is 6.87. The fourth-order valence-electron chi connectivity index (χ4n) is 2.58. The van der Waals surface area contributed by atoms with Crippen LogP contribution in [0.1, 0.15) is 16.7 Å². The van der Waals surface area contributed by atoms with Crippen molar-refractivity contribution >= 4 is 16.6 Å². The van der Waals surface area contributed by atoms with E-state index in [9.17, 15) is 0 Å². The predicted molar refractivity (Wildman–Crippen MR) is 85.0 cm³/mol. The first-order chi connectivity index (χ1) is 9.72. The highest BCUT2D eigenvalue weighted by Gasteiger charge is 2.01. The number of fused-ring (bicyclic) bond motifs is 1. The highest BCUT2D eigenvalue weighted by molar-refractivity contribution is 5.82. The largest absolute Gasteiger partial charge is 0.381 e. The summed E-state index contributed by atoms with van der Waals surface area (Å²) in [5, 5.41) is 4.72. The molecular formula is C18H18N2. The summed E-state index contributed by atoms with van der Waals surface area (Å²) in [5.74, 6) is 0. The highest BCUT2D eigenvalue weighted by Crippen LogP contribution is 2.19. The van der Waals surface area contributed by atoms with E-state index < -0.39 is 0 Å². The Hall–Kier alpha value is -2.35. The van der Waals surface area contributed by atoms with E-state index in [1.165, 1.54) is 27.8 Å². The van der Waals surface area contributed by atoms with E-state index >= 15 is 0 Å². The zero-order chi connectivity index (χ0) is 13.9. The Morgan fingerprint density at radius 2 is 1.70 bits per heavy atom. The maximum atomic E-state index is 4.40. The first kappa shape index (κ1) is 12.7. The van der Waals surface area contributed by atoms with Crippen LogP contribution in [0.3, 0.4) is 0 Å². The van der Waals surface area contributed by atoms with Crippen molar-refractivity contribution in [1.29, 1.82) is 0 Å². The van der Waals surface area contributed by atoms with Gasteiger partial charge in [0.15, 0.2) is 0 Å². The number of aromatic nitrogens is 1. The fourth-order valence-corrected chi connectivity index (χ4v) is 2.58. The standard InChI is InChI=1S/C18H18N2/c1-13-9-14(2)11-16(10-13)20-12-15-7-8-19-18-6-4-3-5-17(15)18/h3-11,20H,12H2,1-2H3. The minimum atomic E-state index is 0.811. The number of hydrogen-bond donors (Lipinski definition) is 1. The van der Waals surface area contributed by atoms with E-state index in [4.69, 9.17) is 0 Å². The maximum Gasteiger partial charge on any atom is 0.0705 e. The lowest BCUT2D eigenvalue weighted by atomic mass is 10.1. The summed E-state index contributed by atoms with van der Waals surface area (Å²) < 4.78 is 0. The maximum absolute atomic E-state index is 4.40. The summed E-state index contributed by atoms with van der Waals surface area (Å²) in [6.07, 6.45) is 1.88. The Bertz CT molecular complexity index is 722. The van der Waals surface area contributed by atoms with Crippen molar-refractivity contribution in [2.75, 3.05) is 5.32 Å². The van der Waals surface area contributed by atoms with E-state index in [1.54, 1.807) is 0 Å². The SMILES string of the molecule is Cc1cc(C)cc(NCc2ccnc3ccccc23)c1. The van der Waals surface area contributed by atoms with Crippen LogP contribution in [0, 0.1) is 13.8 Å². The third-order valence-electron chi connectivity index (χ3n) is 3.44. The van der Waals surface area contributed by atoms with Crippen molar-refractivity contribution in [3.05, 3.63) is 71.4 Å². The Kier molecular flexibility index (Phi) is 3.38. The van der Waals surface area contributed by atoms with Crippen LogP contribution in [0.5, 0.6) is 0 Å². The van der Waals surface area contributed by atoms with Crippen LogP contribution < -0.4 is 5.32 Å². The second-order valence-electron chi connectivity index (χ2n) is 5.22. The predicted octanol–water partition coefficient (Wildman–Crippen LogP) is 4.46. The molecule has 3 rings (SSSR count). The van der Waals surface area contributed by atoms with Gasteiger partial charge in [-0.3, -0.25) is 4.98 Å². The lowest BCUT2D eigenvalue weighted by Gasteiger charge is -2.10. The smallest absolute Gasteiger partial charge is 0.0705 e. The summed E-state index contributed by atoms with van der Waals surface area (Å²) in [5.41, 5.74) is 6.06. The van der Waals surface area contributed by atoms with Gasteiger partial charge >= 0.3 is 0 Å². The van der Waals surface area contributed by atoms with E-state index in [0.29, 0.717) is 0 Å². The molecule has 0 amide bonds. The molecule has 0 radical (unpaired) electrons. The molecule has 0 fully saturated rings. The highest BCUT2D eigenvalue weighted by atomic mass is 14.9. The fraction of sp³-hybridized carbons (Fsp3) is 0.167. The molecule has 1 N–H and O–H groups in total. The second-order valence-corrected chi connectivity index (χ2v) is 5.22. The lowest BCUT2D eigenvalue weighted by molar-refractivity contribution is 1.15. The number of benzene rings is 2. The number of pyridine rings is 1. The normalized spacial score (nSPS) is 10.7. The number of rotatable bonds is 3. The van der Waals surface area contributed by atoms with Gasteiger partial charge in [-0.2, -0.15) is 0 Å². The quantitative estimate of drug-likeness (QED) is 0.753. The summed E-state index contributed by atoms with van der Waals surface area (Å²) in [7, 11) is 0. The van der Waals surface area contributed by atoms with Gasteiger partial charge in [0, 0.05) is 23.8 Å². The Balaban J connectivity index is 1.87. The average molecular weight is 262 g/mol. The molecule has 2 heteroatoms. The van der Waals surface area contributed by atoms with E-state index in [2.05, 4.69) is 66.6 Å². The van der Waals surface area contributed by atoms with Gasteiger partial charge in [-0.25, -0.2) is 0 Å². The summed E-state index contributed by atoms with van der Waals surface area (Å²) >= 11 is 0. The Labute approximate surface area is 119 Å². The molecule has 0 saturated carbocycles. The van der Waals surface area contributed by atoms with Crippen LogP contribution in [0.4, 0.5) is 5.69 Å². The molecule has 1 aromatic heterocycles. The van der Waals surface area contributed by atoms with Crippen molar-refractivity contribution in [2.24, 2.45) is 0 Å². The van der Waals surface area contributed by atoms with E-state index in [-0.39, 0.29) is 0 Å². The van der Waals surface area contributed by atoms with E-state index in [1.807, 2.05) is 12.3 Å². The monoisotopic (exact) mass is 262 g/mol. The van der Waals surface area contributed by atoms with Crippen LogP contribution in [-0.2, 0) is 6.54 Å². The van der Waals surface area contributed by atoms with Crippen molar-refractivity contribution in [3.8, 4) is 0 Å². The van der Waals surface area contributed by atoms with Crippen LogP contribution in [0.15, 0.2) is 54.7 Å². The molecule has 1 heterocycles. The van der Waals surface area contributed by atoms with Crippen molar-refractivity contribution < 1.29 is 0 Å². The van der Waals surface area contributed by atoms with Gasteiger partial charge in [-0.1, -0.05) is 24.3 Å². The Morgan fingerprint density at radius 1 is 0.950 bits per heavy atom. The zero-order valence-corrected chi connectivity index (χ0v) is 11.9. The minimum absolute atomic E-state index is 0.811. The molecule has 0 aliphatic rings. The van der Waals surface area contributed by atoms with Crippen molar-refractivity contribution in [1.82, 2.24) is 4.98 Å². The summed E-state index contributed by atoms with van der Waals surface area (Å²) in [4.78, 5) is 4.40. The third kappa shape index (κ3) is 2.64. The topological polar surface area (TPSA) is 24.9 Å².